The van der Waals surface area contributed by atoms with E-state index in [1.807, 2.05) is 48.5 Å². The molecule has 3 rings (SSSR count). The molecule has 2 N–H and O–H groups in total. The molecule has 0 saturated carbocycles. The summed E-state index contributed by atoms with van der Waals surface area (Å²) in [5, 5.41) is 14.9. The van der Waals surface area contributed by atoms with Crippen molar-refractivity contribution < 1.29 is 9.59 Å². The molecule has 6 heteroatoms. The van der Waals surface area contributed by atoms with Crippen molar-refractivity contribution in [2.45, 2.75) is 25.0 Å². The number of carbonyl (C=O) groups excluding carboxylic acids is 2. The number of hydrogen-bond acceptors (Lipinski definition) is 4. The van der Waals surface area contributed by atoms with Crippen LogP contribution in [0.25, 0.3) is 0 Å². The zero-order valence-corrected chi connectivity index (χ0v) is 16.4. The van der Waals surface area contributed by atoms with Crippen molar-refractivity contribution in [2.75, 3.05) is 17.6 Å². The Labute approximate surface area is 169 Å². The number of rotatable bonds is 8. The molecule has 144 valence electrons. The highest BCUT2D eigenvalue weighted by atomic mass is 32.2. The molecule has 1 aliphatic heterocycles. The summed E-state index contributed by atoms with van der Waals surface area (Å²) in [6.45, 7) is 0.581. The van der Waals surface area contributed by atoms with Crippen molar-refractivity contribution in [1.29, 1.82) is 5.26 Å². The molecule has 2 aromatic rings. The van der Waals surface area contributed by atoms with Gasteiger partial charge in [0.05, 0.1) is 11.6 Å². The van der Waals surface area contributed by atoms with Crippen molar-refractivity contribution in [2.24, 2.45) is 5.92 Å². The molecule has 0 radical (unpaired) electrons. The lowest BCUT2D eigenvalue weighted by Gasteiger charge is -2.24. The van der Waals surface area contributed by atoms with Gasteiger partial charge in [-0.2, -0.15) is 17.0 Å². The third kappa shape index (κ3) is 5.37. The van der Waals surface area contributed by atoms with E-state index in [1.54, 1.807) is 11.8 Å². The molecular formula is C22H23N3O2S. The number of para-hydroxylation sites is 1. The minimum Gasteiger partial charge on any atom is -0.355 e. The zero-order valence-electron chi connectivity index (χ0n) is 15.6. The SMILES string of the molecule is N#Cc1ccccc1CSCCNC(=O)CC[C@@H]1Cc2ccccc2NC1=O. The van der Waals surface area contributed by atoms with Gasteiger partial charge in [-0.15, -0.1) is 0 Å². The molecule has 2 aromatic carbocycles. The van der Waals surface area contributed by atoms with Crippen molar-refractivity contribution in [3.63, 3.8) is 0 Å². The van der Waals surface area contributed by atoms with E-state index >= 15 is 0 Å². The van der Waals surface area contributed by atoms with E-state index in [9.17, 15) is 9.59 Å². The van der Waals surface area contributed by atoms with Crippen LogP contribution < -0.4 is 10.6 Å². The highest BCUT2D eigenvalue weighted by molar-refractivity contribution is 7.98. The standard InChI is InChI=1S/C22H23N3O2S/c23-14-18-6-1-2-7-19(18)15-28-12-11-24-21(26)10-9-17-13-16-5-3-4-8-20(16)25-22(17)27/h1-8,17H,9-13,15H2,(H,24,26)(H,25,27)/t17-/m1/s1. The van der Waals surface area contributed by atoms with Crippen LogP contribution in [0.15, 0.2) is 48.5 Å². The van der Waals surface area contributed by atoms with E-state index in [0.717, 1.165) is 28.3 Å². The summed E-state index contributed by atoms with van der Waals surface area (Å²) in [6, 6.07) is 17.6. The number of benzene rings is 2. The van der Waals surface area contributed by atoms with Crippen LogP contribution in [-0.4, -0.2) is 24.1 Å². The third-order valence-electron chi connectivity index (χ3n) is 4.80. The Morgan fingerprint density at radius 3 is 2.86 bits per heavy atom. The minimum absolute atomic E-state index is 0.00165. The molecule has 2 amide bonds. The monoisotopic (exact) mass is 393 g/mol. The van der Waals surface area contributed by atoms with Gasteiger partial charge in [0.1, 0.15) is 0 Å². The Kier molecular flexibility index (Phi) is 7.10. The normalized spacial score (nSPS) is 15.2. The number of nitrogens with one attached hydrogen (secondary N) is 2. The summed E-state index contributed by atoms with van der Waals surface area (Å²) in [5.41, 5.74) is 3.72. The summed E-state index contributed by atoms with van der Waals surface area (Å²) in [6.07, 6.45) is 1.58. The van der Waals surface area contributed by atoms with Gasteiger partial charge in [-0.3, -0.25) is 9.59 Å². The van der Waals surface area contributed by atoms with E-state index < -0.39 is 0 Å². The first kappa shape index (κ1) is 20.0. The quantitative estimate of drug-likeness (QED) is 0.673. The fourth-order valence-electron chi connectivity index (χ4n) is 3.24. The molecule has 0 saturated heterocycles. The summed E-state index contributed by atoms with van der Waals surface area (Å²) >= 11 is 1.69. The zero-order chi connectivity index (χ0) is 19.8. The topological polar surface area (TPSA) is 82.0 Å². The van der Waals surface area contributed by atoms with Crippen LogP contribution in [0.4, 0.5) is 5.69 Å². The molecule has 0 aromatic heterocycles. The number of amides is 2. The average molecular weight is 394 g/mol. The van der Waals surface area contributed by atoms with Gasteiger partial charge in [-0.1, -0.05) is 36.4 Å². The lowest BCUT2D eigenvalue weighted by Crippen LogP contribution is -2.32. The second-order valence-corrected chi connectivity index (χ2v) is 7.86. The van der Waals surface area contributed by atoms with Crippen LogP contribution in [-0.2, 0) is 21.8 Å². The van der Waals surface area contributed by atoms with Gasteiger partial charge in [0, 0.05) is 36.1 Å². The molecule has 28 heavy (non-hydrogen) atoms. The number of carbonyl (C=O) groups is 2. The largest absolute Gasteiger partial charge is 0.355 e. The number of nitriles is 1. The number of fused-ring (bicyclic) bond motifs is 1. The summed E-state index contributed by atoms with van der Waals surface area (Å²) in [7, 11) is 0. The van der Waals surface area contributed by atoms with Gasteiger partial charge in [0.2, 0.25) is 11.8 Å². The molecule has 0 spiro atoms. The highest BCUT2D eigenvalue weighted by Crippen LogP contribution is 2.27. The second kappa shape index (κ2) is 9.95. The number of nitrogens with zero attached hydrogens (tertiary/aromatic N) is 1. The Bertz CT molecular complexity index is 891. The third-order valence-corrected chi connectivity index (χ3v) is 5.80. The van der Waals surface area contributed by atoms with Gasteiger partial charge in [-0.05, 0) is 36.1 Å². The van der Waals surface area contributed by atoms with Crippen molar-refractivity contribution in [1.82, 2.24) is 5.32 Å². The molecule has 0 fully saturated rings. The molecule has 0 unspecified atom stereocenters. The van der Waals surface area contributed by atoms with Crippen LogP contribution in [0.2, 0.25) is 0 Å². The van der Waals surface area contributed by atoms with Crippen molar-refractivity contribution >= 4 is 29.3 Å². The number of hydrogen-bond donors (Lipinski definition) is 2. The maximum Gasteiger partial charge on any atom is 0.227 e. The average Bonchev–Trinajstić information content (AvgIpc) is 2.72. The predicted octanol–water partition coefficient (Wildman–Crippen LogP) is 3.50. The summed E-state index contributed by atoms with van der Waals surface area (Å²) in [4.78, 5) is 24.3. The Hall–Kier alpha value is -2.78. The number of anilines is 1. The first-order valence-electron chi connectivity index (χ1n) is 9.38. The highest BCUT2D eigenvalue weighted by Gasteiger charge is 2.26. The van der Waals surface area contributed by atoms with E-state index in [0.29, 0.717) is 31.4 Å². The van der Waals surface area contributed by atoms with E-state index in [1.165, 1.54) is 0 Å². The summed E-state index contributed by atoms with van der Waals surface area (Å²) < 4.78 is 0. The second-order valence-electron chi connectivity index (χ2n) is 6.76. The fraction of sp³-hybridized carbons (Fsp3) is 0.318. The maximum absolute atomic E-state index is 12.2. The van der Waals surface area contributed by atoms with Gasteiger partial charge in [0.15, 0.2) is 0 Å². The number of thioether (sulfide) groups is 1. The van der Waals surface area contributed by atoms with Crippen molar-refractivity contribution in [3.8, 4) is 6.07 Å². The fourth-order valence-corrected chi connectivity index (χ4v) is 4.10. The van der Waals surface area contributed by atoms with Gasteiger partial charge in [0.25, 0.3) is 0 Å². The van der Waals surface area contributed by atoms with Crippen LogP contribution in [0.3, 0.4) is 0 Å². The Balaban J connectivity index is 1.34. The minimum atomic E-state index is -0.155. The predicted molar refractivity (Wildman–Crippen MR) is 112 cm³/mol. The van der Waals surface area contributed by atoms with E-state index in [2.05, 4.69) is 16.7 Å². The van der Waals surface area contributed by atoms with Gasteiger partial charge in [-0.25, -0.2) is 0 Å². The molecule has 5 nitrogen and oxygen atoms in total. The first-order valence-corrected chi connectivity index (χ1v) is 10.5. The van der Waals surface area contributed by atoms with Crippen LogP contribution >= 0.6 is 11.8 Å². The molecule has 0 aliphatic carbocycles. The molecule has 1 heterocycles. The Morgan fingerprint density at radius 1 is 1.21 bits per heavy atom. The lowest BCUT2D eigenvalue weighted by atomic mass is 9.89. The maximum atomic E-state index is 12.2. The smallest absolute Gasteiger partial charge is 0.227 e. The van der Waals surface area contributed by atoms with Crippen LogP contribution in [0.1, 0.15) is 29.5 Å². The van der Waals surface area contributed by atoms with E-state index in [4.69, 9.17) is 5.26 Å². The first-order chi connectivity index (χ1) is 13.7. The van der Waals surface area contributed by atoms with Gasteiger partial charge >= 0.3 is 0 Å². The molecule has 1 atom stereocenters. The van der Waals surface area contributed by atoms with Crippen LogP contribution in [0, 0.1) is 17.2 Å². The van der Waals surface area contributed by atoms with Gasteiger partial charge < -0.3 is 10.6 Å². The van der Waals surface area contributed by atoms with E-state index in [-0.39, 0.29) is 17.7 Å². The molecule has 0 bridgehead atoms. The summed E-state index contributed by atoms with van der Waals surface area (Å²) in [5.74, 6) is 1.35. The lowest BCUT2D eigenvalue weighted by molar-refractivity contribution is -0.122. The molecular weight excluding hydrogens is 370 g/mol. The van der Waals surface area contributed by atoms with Crippen molar-refractivity contribution in [3.05, 3.63) is 65.2 Å². The molecule has 1 aliphatic rings. The van der Waals surface area contributed by atoms with Crippen LogP contribution in [0.5, 0.6) is 0 Å². The Morgan fingerprint density at radius 2 is 2.00 bits per heavy atom.